The number of hydrogen-bond acceptors (Lipinski definition) is 2. The number of hydrogen-bond donors (Lipinski definition) is 1. The van der Waals surface area contributed by atoms with Crippen LogP contribution in [0.2, 0.25) is 0 Å². The van der Waals surface area contributed by atoms with Gasteiger partial charge in [0.2, 0.25) is 0 Å². The molecule has 2 atom stereocenters. The van der Waals surface area contributed by atoms with Crippen molar-refractivity contribution in [2.24, 2.45) is 17.8 Å². The van der Waals surface area contributed by atoms with E-state index >= 15 is 0 Å². The van der Waals surface area contributed by atoms with Crippen LogP contribution in [0.25, 0.3) is 0 Å². The number of nitrogens with zero attached hydrogens (tertiary/aromatic N) is 2. The highest BCUT2D eigenvalue weighted by atomic mass is 15.1. The third-order valence-corrected chi connectivity index (χ3v) is 3.69. The van der Waals surface area contributed by atoms with E-state index in [2.05, 4.69) is 9.55 Å². The van der Waals surface area contributed by atoms with Gasteiger partial charge in [-0.3, -0.25) is 0 Å². The fraction of sp³-hybridized carbons (Fsp3) is 0.727. The van der Waals surface area contributed by atoms with E-state index in [-0.39, 0.29) is 0 Å². The first kappa shape index (κ1) is 8.33. The van der Waals surface area contributed by atoms with Crippen LogP contribution in [0.5, 0.6) is 0 Å². The van der Waals surface area contributed by atoms with Gasteiger partial charge in [0, 0.05) is 18.9 Å². The molecule has 14 heavy (non-hydrogen) atoms. The summed E-state index contributed by atoms with van der Waals surface area (Å²) in [5, 5.41) is 0. The molecule has 0 bridgehead atoms. The molecule has 1 aromatic rings. The first-order valence-electron chi connectivity index (χ1n) is 5.61. The number of anilines is 1. The molecule has 2 aliphatic rings. The Labute approximate surface area is 84.3 Å². The molecule has 0 spiro atoms. The average molecular weight is 191 g/mol. The average Bonchev–Trinajstić information content (AvgIpc) is 3.04. The summed E-state index contributed by atoms with van der Waals surface area (Å²) >= 11 is 0. The van der Waals surface area contributed by atoms with Gasteiger partial charge < -0.3 is 10.3 Å². The molecule has 0 radical (unpaired) electrons. The third kappa shape index (κ3) is 1.51. The zero-order chi connectivity index (χ0) is 9.54. The van der Waals surface area contributed by atoms with Gasteiger partial charge in [0.05, 0.1) is 0 Å². The summed E-state index contributed by atoms with van der Waals surface area (Å²) in [5.74, 6) is 3.82. The molecule has 2 N–H and O–H groups in total. The van der Waals surface area contributed by atoms with Gasteiger partial charge >= 0.3 is 0 Å². The molecular weight excluding hydrogens is 174 g/mol. The highest BCUT2D eigenvalue weighted by Gasteiger charge is 2.46. The first-order valence-corrected chi connectivity index (χ1v) is 5.61. The summed E-state index contributed by atoms with van der Waals surface area (Å²) < 4.78 is 2.06. The summed E-state index contributed by atoms with van der Waals surface area (Å²) in [7, 11) is 0. The molecule has 3 nitrogen and oxygen atoms in total. The van der Waals surface area contributed by atoms with Gasteiger partial charge in [0.1, 0.15) is 0 Å². The van der Waals surface area contributed by atoms with E-state index in [1.165, 1.54) is 25.7 Å². The minimum absolute atomic E-state index is 0.661. The molecule has 2 fully saturated rings. The highest BCUT2D eigenvalue weighted by Crippen LogP contribution is 2.55. The van der Waals surface area contributed by atoms with Crippen molar-refractivity contribution in [1.82, 2.24) is 9.55 Å². The van der Waals surface area contributed by atoms with E-state index < -0.39 is 0 Å². The van der Waals surface area contributed by atoms with E-state index in [0.29, 0.717) is 5.95 Å². The normalized spacial score (nSPS) is 30.6. The van der Waals surface area contributed by atoms with E-state index in [4.69, 9.17) is 5.73 Å². The maximum Gasteiger partial charge on any atom is 0.200 e. The van der Waals surface area contributed by atoms with Gasteiger partial charge in [-0.15, -0.1) is 0 Å². The molecule has 0 saturated heterocycles. The van der Waals surface area contributed by atoms with Crippen molar-refractivity contribution in [3.8, 4) is 0 Å². The fourth-order valence-corrected chi connectivity index (χ4v) is 2.54. The van der Waals surface area contributed by atoms with Crippen LogP contribution < -0.4 is 5.73 Å². The Morgan fingerprint density at radius 2 is 2.36 bits per heavy atom. The summed E-state index contributed by atoms with van der Waals surface area (Å²) in [6.07, 6.45) is 9.51. The van der Waals surface area contributed by atoms with Crippen LogP contribution in [0.4, 0.5) is 5.95 Å². The molecular formula is C11H17N3. The topological polar surface area (TPSA) is 43.8 Å². The van der Waals surface area contributed by atoms with Crippen molar-refractivity contribution in [2.45, 2.75) is 32.2 Å². The van der Waals surface area contributed by atoms with Gasteiger partial charge in [-0.2, -0.15) is 0 Å². The second-order valence-electron chi connectivity index (χ2n) is 4.76. The zero-order valence-corrected chi connectivity index (χ0v) is 8.39. The molecule has 3 heteroatoms. The van der Waals surface area contributed by atoms with Gasteiger partial charge in [-0.25, -0.2) is 4.98 Å². The first-order chi connectivity index (χ1) is 6.84. The summed E-state index contributed by atoms with van der Waals surface area (Å²) in [5.41, 5.74) is 5.71. The Kier molecular flexibility index (Phi) is 1.79. The van der Waals surface area contributed by atoms with Crippen LogP contribution in [0, 0.1) is 17.8 Å². The molecule has 2 aliphatic carbocycles. The Balaban J connectivity index is 1.49. The minimum atomic E-state index is 0.661. The van der Waals surface area contributed by atoms with Gasteiger partial charge in [-0.1, -0.05) is 0 Å². The molecule has 0 aromatic carbocycles. The second-order valence-corrected chi connectivity index (χ2v) is 4.76. The van der Waals surface area contributed by atoms with Gasteiger partial charge in [0.25, 0.3) is 0 Å². The van der Waals surface area contributed by atoms with Crippen molar-refractivity contribution in [3.63, 3.8) is 0 Å². The maximum absolute atomic E-state index is 5.71. The number of rotatable bonds is 4. The highest BCUT2D eigenvalue weighted by molar-refractivity contribution is 5.16. The van der Waals surface area contributed by atoms with Crippen LogP contribution in [0.3, 0.4) is 0 Å². The second kappa shape index (κ2) is 3.01. The Bertz CT molecular complexity index is 327. The van der Waals surface area contributed by atoms with E-state index in [0.717, 1.165) is 24.3 Å². The fourth-order valence-electron chi connectivity index (χ4n) is 2.54. The van der Waals surface area contributed by atoms with Crippen molar-refractivity contribution in [2.75, 3.05) is 5.73 Å². The van der Waals surface area contributed by atoms with Crippen LogP contribution in [-0.4, -0.2) is 9.55 Å². The number of nitrogens with two attached hydrogens (primary N) is 1. The van der Waals surface area contributed by atoms with Crippen molar-refractivity contribution in [3.05, 3.63) is 12.4 Å². The van der Waals surface area contributed by atoms with Crippen LogP contribution in [-0.2, 0) is 6.54 Å². The molecule has 76 valence electrons. The minimum Gasteiger partial charge on any atom is -0.369 e. The SMILES string of the molecule is Nc1nccn1CC[C@@H]1C[C@H]1C1CC1. The number of imidazole rings is 1. The number of aryl methyl sites for hydroxylation is 1. The lowest BCUT2D eigenvalue weighted by Gasteiger charge is -2.03. The maximum atomic E-state index is 5.71. The molecule has 3 rings (SSSR count). The van der Waals surface area contributed by atoms with E-state index in [1.807, 2.05) is 6.20 Å². The lowest BCUT2D eigenvalue weighted by Crippen LogP contribution is -2.03. The predicted octanol–water partition coefficient (Wildman–Crippen LogP) is 1.90. The largest absolute Gasteiger partial charge is 0.369 e. The Morgan fingerprint density at radius 1 is 1.50 bits per heavy atom. The Hall–Kier alpha value is -0.990. The van der Waals surface area contributed by atoms with Crippen LogP contribution >= 0.6 is 0 Å². The van der Waals surface area contributed by atoms with Crippen LogP contribution in [0.1, 0.15) is 25.7 Å². The van der Waals surface area contributed by atoms with E-state index in [1.54, 1.807) is 6.20 Å². The van der Waals surface area contributed by atoms with Gasteiger partial charge in [0.15, 0.2) is 5.95 Å². The quantitative estimate of drug-likeness (QED) is 0.790. The Morgan fingerprint density at radius 3 is 3.00 bits per heavy atom. The summed E-state index contributed by atoms with van der Waals surface area (Å²) in [4.78, 5) is 4.02. The standard InChI is InChI=1S/C11H17N3/c12-11-13-4-6-14(11)5-3-9-7-10(9)8-1-2-8/h4,6,8-10H,1-3,5,7H2,(H2,12,13)/t9-,10+/m1/s1. The number of aromatic nitrogens is 2. The predicted molar refractivity (Wildman–Crippen MR) is 55.6 cm³/mol. The lowest BCUT2D eigenvalue weighted by atomic mass is 10.2. The van der Waals surface area contributed by atoms with Crippen molar-refractivity contribution in [1.29, 1.82) is 0 Å². The van der Waals surface area contributed by atoms with E-state index in [9.17, 15) is 0 Å². The zero-order valence-electron chi connectivity index (χ0n) is 8.39. The summed E-state index contributed by atoms with van der Waals surface area (Å²) in [6.45, 7) is 1.06. The molecule has 2 saturated carbocycles. The molecule has 1 heterocycles. The summed E-state index contributed by atoms with van der Waals surface area (Å²) in [6, 6.07) is 0. The third-order valence-electron chi connectivity index (χ3n) is 3.69. The molecule has 0 unspecified atom stereocenters. The monoisotopic (exact) mass is 191 g/mol. The molecule has 0 amide bonds. The molecule has 0 aliphatic heterocycles. The van der Waals surface area contributed by atoms with Crippen molar-refractivity contribution < 1.29 is 0 Å². The number of nitrogen functional groups attached to an aromatic ring is 1. The van der Waals surface area contributed by atoms with Gasteiger partial charge in [-0.05, 0) is 43.4 Å². The smallest absolute Gasteiger partial charge is 0.200 e. The van der Waals surface area contributed by atoms with Crippen LogP contribution in [0.15, 0.2) is 12.4 Å². The molecule has 1 aromatic heterocycles. The lowest BCUT2D eigenvalue weighted by molar-refractivity contribution is 0.541. The van der Waals surface area contributed by atoms with Crippen molar-refractivity contribution >= 4 is 5.95 Å².